The Morgan fingerprint density at radius 3 is 2.51 bits per heavy atom. The number of fused-ring (bicyclic) bond motifs is 1. The van der Waals surface area contributed by atoms with Gasteiger partial charge in [-0.3, -0.25) is 19.8 Å². The number of aromatic nitrogens is 2. The molecule has 2 N–H and O–H groups in total. The van der Waals surface area contributed by atoms with Gasteiger partial charge in [-0.2, -0.15) is 6.57 Å². The smallest absolute Gasteiger partial charge is 0.273 e. The summed E-state index contributed by atoms with van der Waals surface area (Å²) in [7, 11) is -7.15. The van der Waals surface area contributed by atoms with Gasteiger partial charge in [-0.1, -0.05) is 56.1 Å². The predicted molar refractivity (Wildman–Crippen MR) is 261 cm³/mol. The molecule has 2 saturated heterocycles. The van der Waals surface area contributed by atoms with Gasteiger partial charge in [0, 0.05) is 92.3 Å². The van der Waals surface area contributed by atoms with Crippen LogP contribution in [-0.4, -0.2) is 107 Å². The number of nitro groups is 1. The molecule has 0 spiro atoms. The molecule has 3 aliphatic rings. The molecule has 0 bridgehead atoms. The van der Waals surface area contributed by atoms with Crippen molar-refractivity contribution in [3.63, 3.8) is 0 Å². The summed E-state index contributed by atoms with van der Waals surface area (Å²) in [5.74, 6) is -0.0458. The second-order valence-electron chi connectivity index (χ2n) is 18.5. The molecule has 352 valence electrons. The highest BCUT2D eigenvalue weighted by Gasteiger charge is 2.31. The zero-order valence-corrected chi connectivity index (χ0v) is 40.1. The maximum atomic E-state index is 14.0. The van der Waals surface area contributed by atoms with Crippen molar-refractivity contribution < 1.29 is 27.1 Å². The number of rotatable bonds is 14. The zero-order valence-electron chi connectivity index (χ0n) is 37.7. The van der Waals surface area contributed by atoms with Gasteiger partial charge < -0.3 is 19.5 Å². The molecule has 0 unspecified atom stereocenters. The average Bonchev–Trinajstić information content (AvgIpc) is 3.76. The van der Waals surface area contributed by atoms with Crippen LogP contribution in [0.25, 0.3) is 21.6 Å². The summed E-state index contributed by atoms with van der Waals surface area (Å²) >= 11 is 6.25. The van der Waals surface area contributed by atoms with Crippen molar-refractivity contribution >= 4 is 65.2 Å². The van der Waals surface area contributed by atoms with E-state index < -0.39 is 35.5 Å². The summed E-state index contributed by atoms with van der Waals surface area (Å²) in [4.78, 5) is 42.5. The molecular formula is C48H54ClN9O7S2. The van der Waals surface area contributed by atoms with Gasteiger partial charge in [0.15, 0.2) is 0 Å². The molecule has 0 saturated carbocycles. The maximum Gasteiger partial charge on any atom is 0.273 e. The lowest BCUT2D eigenvalue weighted by Crippen LogP contribution is -2.47. The molecule has 4 heterocycles. The molecule has 1 aliphatic carbocycles. The number of nitro benzene ring substituents is 1. The first-order valence-corrected chi connectivity index (χ1v) is 26.0. The third kappa shape index (κ3) is 11.5. The second-order valence-corrected chi connectivity index (χ2v) is 23.2. The number of ether oxygens (including phenoxy) is 1. The van der Waals surface area contributed by atoms with Gasteiger partial charge in [0.25, 0.3) is 21.6 Å². The number of sulfonamides is 1. The zero-order chi connectivity index (χ0) is 47.5. The lowest BCUT2D eigenvalue weighted by molar-refractivity contribution is -0.385. The Morgan fingerprint density at radius 1 is 1.04 bits per heavy atom. The number of amides is 1. The summed E-state index contributed by atoms with van der Waals surface area (Å²) in [5, 5.41) is 13.8. The molecule has 0 radical (unpaired) electrons. The summed E-state index contributed by atoms with van der Waals surface area (Å²) in [6.07, 6.45) is 6.70. The number of piperazine rings is 1. The minimum atomic E-state index is -4.60. The third-order valence-electron chi connectivity index (χ3n) is 12.9. The van der Waals surface area contributed by atoms with E-state index in [9.17, 15) is 27.5 Å². The molecule has 8 rings (SSSR count). The highest BCUT2D eigenvalue weighted by molar-refractivity contribution is 7.93. The van der Waals surface area contributed by atoms with Crippen molar-refractivity contribution in [1.29, 1.82) is 0 Å². The molecule has 2 aliphatic heterocycles. The van der Waals surface area contributed by atoms with E-state index >= 15 is 0 Å². The minimum Gasteiger partial charge on any atom is -0.455 e. The van der Waals surface area contributed by atoms with Crippen LogP contribution in [0.5, 0.6) is 11.5 Å². The number of H-pyrrole nitrogens is 1. The van der Waals surface area contributed by atoms with E-state index in [1.165, 1.54) is 41.1 Å². The number of benzene rings is 3. The van der Waals surface area contributed by atoms with Gasteiger partial charge in [-0.15, -0.1) is 4.95 Å². The van der Waals surface area contributed by atoms with E-state index in [4.69, 9.17) is 22.9 Å². The van der Waals surface area contributed by atoms with Crippen LogP contribution in [0, 0.1) is 28.0 Å². The number of aromatic amines is 1. The molecular weight excluding hydrogens is 914 g/mol. The Morgan fingerprint density at radius 2 is 1.79 bits per heavy atom. The van der Waals surface area contributed by atoms with E-state index in [-0.39, 0.29) is 46.3 Å². The standard InChI is InChI=1S/C48H54ClN9O7S2/c1-33(31-56-21-23-66(62,24-22-56)54-50-4)25-35-7-11-41(28-44(35)58(60)61)67(63,64)53-47(59)42-12-10-39(27-45(42)65-40-26-36-14-16-51-46(36)52-30-40)57-19-17-55(18-20-57)32-37-13-15-48(2,3)29-43(37)34-5-8-38(49)9-6-34/h5-12,14,16,26-28,30,33H,13,15,17-25,29,31-32H2,1-3H3,(H,51,52)(H,53,59)/t33-/m1/s1. The van der Waals surface area contributed by atoms with Gasteiger partial charge in [-0.05, 0) is 90.6 Å². The Kier molecular flexibility index (Phi) is 14.1. The minimum absolute atomic E-state index is 0.0572. The number of halogens is 1. The van der Waals surface area contributed by atoms with Crippen molar-refractivity contribution in [2.45, 2.75) is 51.3 Å². The summed E-state index contributed by atoms with van der Waals surface area (Å²) in [5.41, 5.74) is 5.63. The normalized spacial score (nSPS) is 18.3. The maximum absolute atomic E-state index is 14.0. The van der Waals surface area contributed by atoms with E-state index in [0.717, 1.165) is 61.1 Å². The van der Waals surface area contributed by atoms with Crippen LogP contribution in [0.15, 0.2) is 100 Å². The summed E-state index contributed by atoms with van der Waals surface area (Å²) in [6, 6.07) is 20.4. The fourth-order valence-electron chi connectivity index (χ4n) is 9.25. The topological polar surface area (TPSA) is 188 Å². The number of carbonyl (C=O) groups excluding carboxylic acids is 1. The first kappa shape index (κ1) is 47.6. The molecule has 1 atom stereocenters. The van der Waals surface area contributed by atoms with Crippen LogP contribution in [0.4, 0.5) is 11.4 Å². The molecule has 19 heteroatoms. The predicted octanol–water partition coefficient (Wildman–Crippen LogP) is 8.62. The van der Waals surface area contributed by atoms with E-state index in [1.54, 1.807) is 24.4 Å². The molecule has 5 aromatic rings. The fourth-order valence-corrected chi connectivity index (χ4v) is 12.0. The van der Waals surface area contributed by atoms with E-state index in [2.05, 4.69) is 64.8 Å². The van der Waals surface area contributed by atoms with Gasteiger partial charge >= 0.3 is 0 Å². The van der Waals surface area contributed by atoms with Crippen molar-refractivity contribution in [2.24, 2.45) is 15.8 Å². The highest BCUT2D eigenvalue weighted by Crippen LogP contribution is 2.43. The number of hydrogen-bond acceptors (Lipinski definition) is 12. The largest absolute Gasteiger partial charge is 0.455 e. The second kappa shape index (κ2) is 19.8. The van der Waals surface area contributed by atoms with Crippen LogP contribution < -0.4 is 14.4 Å². The first-order chi connectivity index (χ1) is 32.0. The number of allylic oxidation sites excluding steroid dienone is 1. The van der Waals surface area contributed by atoms with Crippen LogP contribution in [0.2, 0.25) is 5.02 Å². The number of nitrogens with zero attached hydrogens (tertiary/aromatic N) is 7. The van der Waals surface area contributed by atoms with Crippen molar-refractivity contribution in [2.75, 3.05) is 68.8 Å². The molecule has 2 aromatic heterocycles. The van der Waals surface area contributed by atoms with Crippen LogP contribution in [0.1, 0.15) is 61.5 Å². The Bertz CT molecular complexity index is 2990. The number of hydrogen-bond donors (Lipinski definition) is 2. The third-order valence-corrected chi connectivity index (χ3v) is 16.5. The molecule has 2 fully saturated rings. The highest BCUT2D eigenvalue weighted by atomic mass is 35.5. The van der Waals surface area contributed by atoms with Gasteiger partial charge in [0.05, 0.1) is 33.1 Å². The number of anilines is 1. The van der Waals surface area contributed by atoms with Crippen LogP contribution in [-0.2, 0) is 26.2 Å². The molecule has 16 nitrogen and oxygen atoms in total. The Hall–Kier alpha value is -5.84. The van der Waals surface area contributed by atoms with Crippen molar-refractivity contribution in [3.05, 3.63) is 134 Å². The summed E-state index contributed by atoms with van der Waals surface area (Å²) in [6.45, 7) is 18.9. The molecule has 3 aromatic carbocycles. The van der Waals surface area contributed by atoms with E-state index in [1.807, 2.05) is 25.1 Å². The number of nitrogens with one attached hydrogen (secondary N) is 2. The molecule has 1 amide bonds. The fraction of sp³-hybridized carbons (Fsp3) is 0.396. The SMILES string of the molecule is [C-]#[N+]N=S1(=O)CCN(C[C@H](C)Cc2ccc(S(=O)(=O)NC(=O)c3ccc(N4CCN(CC5=C(c6ccc(Cl)cc6)CC(C)(C)CC5)CC4)cc3Oc3cnc4[nH]ccc4c3)cc2[N+](=O)[O-])CC1. The Labute approximate surface area is 396 Å². The monoisotopic (exact) mass is 967 g/mol. The van der Waals surface area contributed by atoms with Gasteiger partial charge in [-0.25, -0.2) is 22.3 Å². The lowest BCUT2D eigenvalue weighted by atomic mass is 9.72. The van der Waals surface area contributed by atoms with Crippen LogP contribution in [0.3, 0.4) is 0 Å². The number of pyridine rings is 1. The Balaban J connectivity index is 0.980. The van der Waals surface area contributed by atoms with Crippen LogP contribution >= 0.6 is 11.6 Å². The quantitative estimate of drug-likeness (QED) is 0.0616. The molecule has 67 heavy (non-hydrogen) atoms. The number of carbonyl (C=O) groups is 1. The average molecular weight is 969 g/mol. The lowest BCUT2D eigenvalue weighted by Gasteiger charge is -2.39. The van der Waals surface area contributed by atoms with Gasteiger partial charge in [0.2, 0.25) is 0 Å². The van der Waals surface area contributed by atoms with E-state index in [0.29, 0.717) is 49.7 Å². The summed E-state index contributed by atoms with van der Waals surface area (Å²) < 4.78 is 52.3. The van der Waals surface area contributed by atoms with Gasteiger partial charge in [0.1, 0.15) is 31.3 Å². The first-order valence-electron chi connectivity index (χ1n) is 22.3. The van der Waals surface area contributed by atoms with Crippen molar-refractivity contribution in [1.82, 2.24) is 24.5 Å². The van der Waals surface area contributed by atoms with Crippen molar-refractivity contribution in [3.8, 4) is 11.5 Å².